The van der Waals surface area contributed by atoms with E-state index in [1.807, 2.05) is 0 Å². The van der Waals surface area contributed by atoms with Gasteiger partial charge in [-0.15, -0.1) is 0 Å². The number of halogens is 1. The lowest BCUT2D eigenvalue weighted by molar-refractivity contribution is -0.138. The second kappa shape index (κ2) is 7.15. The number of carboxylic acid groups (broad SMARTS) is 2. The number of aromatic carboxylic acids is 1. The van der Waals surface area contributed by atoms with Crippen molar-refractivity contribution in [3.63, 3.8) is 0 Å². The highest BCUT2D eigenvalue weighted by molar-refractivity contribution is 6.30. The van der Waals surface area contributed by atoms with Gasteiger partial charge in [0.1, 0.15) is 12.4 Å². The molecule has 0 radical (unpaired) electrons. The van der Waals surface area contributed by atoms with E-state index in [1.165, 1.54) is 12.1 Å². The van der Waals surface area contributed by atoms with Gasteiger partial charge in [0.15, 0.2) is 0 Å². The number of benzene rings is 2. The Labute approximate surface area is 138 Å². The third-order valence-corrected chi connectivity index (χ3v) is 3.68. The third-order valence-electron chi connectivity index (χ3n) is 3.44. The van der Waals surface area contributed by atoms with E-state index in [-0.39, 0.29) is 12.2 Å². The van der Waals surface area contributed by atoms with Gasteiger partial charge in [0, 0.05) is 10.6 Å². The van der Waals surface area contributed by atoms with Gasteiger partial charge in [-0.05, 0) is 42.8 Å². The molecule has 0 heterocycles. The van der Waals surface area contributed by atoms with Crippen molar-refractivity contribution in [3.05, 3.63) is 64.2 Å². The maximum atomic E-state index is 11.2. The van der Waals surface area contributed by atoms with Crippen molar-refractivity contribution in [2.75, 3.05) is 0 Å². The summed E-state index contributed by atoms with van der Waals surface area (Å²) >= 11 is 5.88. The Bertz CT molecular complexity index is 724. The second-order valence-corrected chi connectivity index (χ2v) is 5.46. The van der Waals surface area contributed by atoms with Gasteiger partial charge < -0.3 is 14.9 Å². The molecule has 0 saturated carbocycles. The molecule has 2 aromatic rings. The molecule has 0 spiro atoms. The van der Waals surface area contributed by atoms with Crippen LogP contribution in [0.1, 0.15) is 34.3 Å². The average molecular weight is 335 g/mol. The van der Waals surface area contributed by atoms with Crippen LogP contribution in [0.5, 0.6) is 5.75 Å². The van der Waals surface area contributed by atoms with Gasteiger partial charge >= 0.3 is 11.9 Å². The molecule has 5 nitrogen and oxygen atoms in total. The minimum Gasteiger partial charge on any atom is -0.489 e. The minimum absolute atomic E-state index is 0.0516. The Hall–Kier alpha value is -2.53. The van der Waals surface area contributed by atoms with E-state index < -0.39 is 17.9 Å². The number of carbonyl (C=O) groups is 2. The zero-order valence-electron chi connectivity index (χ0n) is 12.3. The quantitative estimate of drug-likeness (QED) is 0.839. The first-order chi connectivity index (χ1) is 10.9. The van der Waals surface area contributed by atoms with Gasteiger partial charge in [-0.25, -0.2) is 4.79 Å². The minimum atomic E-state index is -1.05. The largest absolute Gasteiger partial charge is 0.489 e. The van der Waals surface area contributed by atoms with Crippen LogP contribution >= 0.6 is 11.6 Å². The van der Waals surface area contributed by atoms with Gasteiger partial charge in [-0.1, -0.05) is 23.7 Å². The lowest BCUT2D eigenvalue weighted by Crippen LogP contribution is -2.07. The molecule has 120 valence electrons. The van der Waals surface area contributed by atoms with Crippen molar-refractivity contribution in [1.82, 2.24) is 0 Å². The molecule has 2 rings (SSSR count). The molecule has 0 saturated heterocycles. The van der Waals surface area contributed by atoms with Crippen LogP contribution in [0.4, 0.5) is 0 Å². The van der Waals surface area contributed by atoms with Crippen molar-refractivity contribution >= 4 is 23.5 Å². The predicted octanol–water partition coefficient (Wildman–Crippen LogP) is 3.81. The predicted molar refractivity (Wildman–Crippen MR) is 85.2 cm³/mol. The van der Waals surface area contributed by atoms with Crippen LogP contribution in [0.15, 0.2) is 42.5 Å². The van der Waals surface area contributed by atoms with E-state index in [0.29, 0.717) is 21.9 Å². The number of rotatable bonds is 6. The maximum Gasteiger partial charge on any atom is 0.336 e. The van der Waals surface area contributed by atoms with E-state index >= 15 is 0 Å². The van der Waals surface area contributed by atoms with E-state index in [4.69, 9.17) is 26.6 Å². The molecule has 2 aromatic carbocycles. The summed E-state index contributed by atoms with van der Waals surface area (Å²) in [5.74, 6) is -2.03. The third kappa shape index (κ3) is 4.23. The summed E-state index contributed by atoms with van der Waals surface area (Å²) in [4.78, 5) is 22.1. The highest BCUT2D eigenvalue weighted by Crippen LogP contribution is 2.22. The van der Waals surface area contributed by atoms with Crippen molar-refractivity contribution < 1.29 is 24.5 Å². The molecule has 0 fully saturated rings. The first-order valence-electron chi connectivity index (χ1n) is 6.85. The van der Waals surface area contributed by atoms with Crippen molar-refractivity contribution in [1.29, 1.82) is 0 Å². The first kappa shape index (κ1) is 16.8. The molecule has 0 unspecified atom stereocenters. The Morgan fingerprint density at radius 2 is 1.78 bits per heavy atom. The van der Waals surface area contributed by atoms with E-state index in [9.17, 15) is 9.59 Å². The molecule has 23 heavy (non-hydrogen) atoms. The molecular weight excluding hydrogens is 320 g/mol. The molecule has 0 bridgehead atoms. The molecular formula is C17H15ClO5. The summed E-state index contributed by atoms with van der Waals surface area (Å²) in [6, 6.07) is 11.1. The smallest absolute Gasteiger partial charge is 0.336 e. The summed E-state index contributed by atoms with van der Waals surface area (Å²) in [5, 5.41) is 18.5. The van der Waals surface area contributed by atoms with Gasteiger partial charge in [-0.3, -0.25) is 4.79 Å². The number of aliphatic carboxylic acids is 1. The summed E-state index contributed by atoms with van der Waals surface area (Å²) in [5.41, 5.74) is 1.26. The number of carboxylic acids is 2. The van der Waals surface area contributed by atoms with Gasteiger partial charge in [0.05, 0.1) is 11.5 Å². The Morgan fingerprint density at radius 1 is 1.13 bits per heavy atom. The van der Waals surface area contributed by atoms with Crippen LogP contribution in [-0.4, -0.2) is 22.2 Å². The fourth-order valence-electron chi connectivity index (χ4n) is 2.05. The molecule has 0 aromatic heterocycles. The SMILES string of the molecule is C[C@@H](C(=O)O)c1ccc(OCc2cc(Cl)ccc2C(=O)O)cc1. The molecule has 0 aliphatic carbocycles. The molecule has 6 heteroatoms. The topological polar surface area (TPSA) is 83.8 Å². The lowest BCUT2D eigenvalue weighted by Gasteiger charge is -2.11. The van der Waals surface area contributed by atoms with E-state index in [2.05, 4.69) is 0 Å². The number of hydrogen-bond acceptors (Lipinski definition) is 3. The Kier molecular flexibility index (Phi) is 5.24. The summed E-state index contributed by atoms with van der Waals surface area (Å²) in [7, 11) is 0. The normalized spacial score (nSPS) is 11.7. The average Bonchev–Trinajstić information content (AvgIpc) is 2.52. The van der Waals surface area contributed by atoms with E-state index in [0.717, 1.165) is 0 Å². The van der Waals surface area contributed by atoms with Gasteiger partial charge in [0.2, 0.25) is 0 Å². The second-order valence-electron chi connectivity index (χ2n) is 5.02. The van der Waals surface area contributed by atoms with Crippen LogP contribution in [0.2, 0.25) is 5.02 Å². The van der Waals surface area contributed by atoms with Crippen LogP contribution in [-0.2, 0) is 11.4 Å². The first-order valence-corrected chi connectivity index (χ1v) is 7.23. The molecule has 0 aliphatic heterocycles. The van der Waals surface area contributed by atoms with Crippen LogP contribution in [0.25, 0.3) is 0 Å². The van der Waals surface area contributed by atoms with Gasteiger partial charge in [-0.2, -0.15) is 0 Å². The Balaban J connectivity index is 2.11. The van der Waals surface area contributed by atoms with Crippen molar-refractivity contribution in [2.24, 2.45) is 0 Å². The highest BCUT2D eigenvalue weighted by Gasteiger charge is 2.14. The molecule has 0 amide bonds. The fourth-order valence-corrected chi connectivity index (χ4v) is 2.24. The standard InChI is InChI=1S/C17H15ClO5/c1-10(16(19)20)11-2-5-14(6-3-11)23-9-12-8-13(18)4-7-15(12)17(21)22/h2-8,10H,9H2,1H3,(H,19,20)(H,21,22)/t10-/m1/s1. The van der Waals surface area contributed by atoms with Crippen LogP contribution < -0.4 is 4.74 Å². The highest BCUT2D eigenvalue weighted by atomic mass is 35.5. The maximum absolute atomic E-state index is 11.2. The number of ether oxygens (including phenoxy) is 1. The zero-order valence-corrected chi connectivity index (χ0v) is 13.1. The number of hydrogen-bond donors (Lipinski definition) is 2. The monoisotopic (exact) mass is 334 g/mol. The zero-order chi connectivity index (χ0) is 17.0. The van der Waals surface area contributed by atoms with Gasteiger partial charge in [0.25, 0.3) is 0 Å². The summed E-state index contributed by atoms with van der Waals surface area (Å²) in [6.45, 7) is 1.65. The molecule has 1 atom stereocenters. The van der Waals surface area contributed by atoms with E-state index in [1.54, 1.807) is 37.3 Å². The lowest BCUT2D eigenvalue weighted by atomic mass is 10.0. The van der Waals surface area contributed by atoms with Crippen molar-refractivity contribution in [3.8, 4) is 5.75 Å². The molecule has 2 N–H and O–H groups in total. The summed E-state index contributed by atoms with van der Waals surface area (Å²) < 4.78 is 5.56. The van der Waals surface area contributed by atoms with Crippen LogP contribution in [0.3, 0.4) is 0 Å². The van der Waals surface area contributed by atoms with Crippen LogP contribution in [0, 0.1) is 0 Å². The fraction of sp³-hybridized carbons (Fsp3) is 0.176. The Morgan fingerprint density at radius 3 is 2.35 bits per heavy atom. The summed E-state index contributed by atoms with van der Waals surface area (Å²) in [6.07, 6.45) is 0. The van der Waals surface area contributed by atoms with Crippen molar-refractivity contribution in [2.45, 2.75) is 19.4 Å². The molecule has 0 aliphatic rings.